The van der Waals surface area contributed by atoms with Gasteiger partial charge in [-0.25, -0.2) is 8.42 Å². The molecule has 1 aromatic rings. The summed E-state index contributed by atoms with van der Waals surface area (Å²) in [7, 11) is -3.60. The molecule has 8 heteroatoms. The van der Waals surface area contributed by atoms with E-state index in [0.29, 0.717) is 25.4 Å². The van der Waals surface area contributed by atoms with Crippen LogP contribution in [0.15, 0.2) is 35.2 Å². The van der Waals surface area contributed by atoms with Crippen molar-refractivity contribution in [2.45, 2.75) is 23.8 Å². The second kappa shape index (κ2) is 7.61. The molecule has 128 valence electrons. The molecule has 0 aromatic heterocycles. The van der Waals surface area contributed by atoms with Crippen LogP contribution in [0.4, 0.5) is 0 Å². The van der Waals surface area contributed by atoms with Gasteiger partial charge in [-0.1, -0.05) is 18.2 Å². The molecule has 0 aliphatic carbocycles. The Balaban J connectivity index is 0.00000192. The molecule has 23 heavy (non-hydrogen) atoms. The molecule has 2 aliphatic heterocycles. The number of nitrogens with zero attached hydrogens (tertiary/aromatic N) is 1. The van der Waals surface area contributed by atoms with Crippen LogP contribution in [0, 0.1) is 5.92 Å². The third-order valence-electron chi connectivity index (χ3n) is 4.29. The number of hydrogen-bond acceptors (Lipinski definition) is 4. The minimum atomic E-state index is -3.60. The summed E-state index contributed by atoms with van der Waals surface area (Å²) in [6.07, 6.45) is 1.30. The highest BCUT2D eigenvalue weighted by Crippen LogP contribution is 2.26. The maximum atomic E-state index is 12.7. The lowest BCUT2D eigenvalue weighted by atomic mass is 10.0. The normalized spacial score (nSPS) is 22.2. The standard InChI is InChI=1S/C15H21N3O3S.ClH/c19-15(17-11-12-9-16-10-12)14-7-4-8-18(14)22(20,21)13-5-2-1-3-6-13;/h1-3,5-6,12,14,16H,4,7-11H2,(H,17,19);1H. The average molecular weight is 360 g/mol. The predicted octanol–water partition coefficient (Wildman–Crippen LogP) is 0.597. The number of carbonyl (C=O) groups excluding carboxylic acids is 1. The summed E-state index contributed by atoms with van der Waals surface area (Å²) in [4.78, 5) is 12.6. The van der Waals surface area contributed by atoms with Crippen LogP contribution in [0.5, 0.6) is 0 Å². The van der Waals surface area contributed by atoms with Gasteiger partial charge < -0.3 is 10.6 Å². The fraction of sp³-hybridized carbons (Fsp3) is 0.533. The van der Waals surface area contributed by atoms with E-state index in [4.69, 9.17) is 0 Å². The van der Waals surface area contributed by atoms with Crippen molar-refractivity contribution in [3.8, 4) is 0 Å². The highest BCUT2D eigenvalue weighted by atomic mass is 35.5. The van der Waals surface area contributed by atoms with E-state index in [1.54, 1.807) is 30.3 Å². The Bertz CT molecular complexity index is 635. The summed E-state index contributed by atoms with van der Waals surface area (Å²) < 4.78 is 26.7. The Kier molecular flexibility index (Phi) is 6.02. The zero-order valence-electron chi connectivity index (χ0n) is 12.8. The average Bonchev–Trinajstić information content (AvgIpc) is 2.96. The van der Waals surface area contributed by atoms with Gasteiger partial charge in [-0.05, 0) is 25.0 Å². The molecule has 3 rings (SSSR count). The summed E-state index contributed by atoms with van der Waals surface area (Å²) in [5, 5.41) is 6.05. The Morgan fingerprint density at radius 1 is 1.26 bits per heavy atom. The van der Waals surface area contributed by atoms with E-state index in [9.17, 15) is 13.2 Å². The first-order chi connectivity index (χ1) is 10.6. The van der Waals surface area contributed by atoms with Gasteiger partial charge in [0, 0.05) is 32.1 Å². The van der Waals surface area contributed by atoms with E-state index >= 15 is 0 Å². The summed E-state index contributed by atoms with van der Waals surface area (Å²) in [5.41, 5.74) is 0. The number of benzene rings is 1. The molecule has 6 nitrogen and oxygen atoms in total. The molecule has 0 spiro atoms. The zero-order valence-corrected chi connectivity index (χ0v) is 14.4. The predicted molar refractivity (Wildman–Crippen MR) is 90.0 cm³/mol. The first-order valence-corrected chi connectivity index (χ1v) is 9.08. The Morgan fingerprint density at radius 3 is 2.57 bits per heavy atom. The van der Waals surface area contributed by atoms with Crippen LogP contribution in [-0.2, 0) is 14.8 Å². The van der Waals surface area contributed by atoms with Crippen molar-refractivity contribution in [2.24, 2.45) is 5.92 Å². The summed E-state index contributed by atoms with van der Waals surface area (Å²) in [6.45, 7) is 2.84. The van der Waals surface area contributed by atoms with Crippen molar-refractivity contribution in [3.63, 3.8) is 0 Å². The van der Waals surface area contributed by atoms with Crippen molar-refractivity contribution in [1.29, 1.82) is 0 Å². The summed E-state index contributed by atoms with van der Waals surface area (Å²) in [6, 6.07) is 7.73. The molecule has 2 heterocycles. The number of nitrogens with one attached hydrogen (secondary N) is 2. The monoisotopic (exact) mass is 359 g/mol. The molecule has 0 radical (unpaired) electrons. The Hall–Kier alpha value is -1.15. The van der Waals surface area contributed by atoms with Crippen molar-refractivity contribution < 1.29 is 13.2 Å². The van der Waals surface area contributed by atoms with Crippen LogP contribution in [0.2, 0.25) is 0 Å². The highest BCUT2D eigenvalue weighted by molar-refractivity contribution is 7.89. The fourth-order valence-electron chi connectivity index (χ4n) is 2.87. The third kappa shape index (κ3) is 3.85. The largest absolute Gasteiger partial charge is 0.354 e. The SMILES string of the molecule is Cl.O=C(NCC1CNC1)C1CCCN1S(=O)(=O)c1ccccc1. The molecular weight excluding hydrogens is 338 g/mol. The first-order valence-electron chi connectivity index (χ1n) is 7.64. The molecule has 1 amide bonds. The number of sulfonamides is 1. The van der Waals surface area contributed by atoms with Crippen LogP contribution in [0.25, 0.3) is 0 Å². The molecule has 2 fully saturated rings. The smallest absolute Gasteiger partial charge is 0.243 e. The van der Waals surface area contributed by atoms with Crippen LogP contribution in [-0.4, -0.2) is 50.9 Å². The number of rotatable bonds is 5. The lowest BCUT2D eigenvalue weighted by Gasteiger charge is -2.29. The van der Waals surface area contributed by atoms with E-state index in [-0.39, 0.29) is 23.2 Å². The zero-order chi connectivity index (χ0) is 15.6. The molecular formula is C15H22ClN3O3S. The fourth-order valence-corrected chi connectivity index (χ4v) is 4.55. The molecule has 1 atom stereocenters. The van der Waals surface area contributed by atoms with Crippen molar-refractivity contribution in [2.75, 3.05) is 26.2 Å². The van der Waals surface area contributed by atoms with Crippen LogP contribution >= 0.6 is 12.4 Å². The van der Waals surface area contributed by atoms with Gasteiger partial charge in [-0.3, -0.25) is 4.79 Å². The van der Waals surface area contributed by atoms with Gasteiger partial charge in [0.15, 0.2) is 0 Å². The second-order valence-corrected chi connectivity index (χ2v) is 7.75. The van der Waals surface area contributed by atoms with E-state index in [0.717, 1.165) is 19.5 Å². The number of halogens is 1. The molecule has 1 aromatic carbocycles. The molecule has 2 N–H and O–H groups in total. The minimum Gasteiger partial charge on any atom is -0.354 e. The van der Waals surface area contributed by atoms with Crippen LogP contribution < -0.4 is 10.6 Å². The Morgan fingerprint density at radius 2 is 1.96 bits per heavy atom. The summed E-state index contributed by atoms with van der Waals surface area (Å²) >= 11 is 0. The van der Waals surface area contributed by atoms with Gasteiger partial charge in [-0.2, -0.15) is 4.31 Å². The second-order valence-electron chi connectivity index (χ2n) is 5.86. The highest BCUT2D eigenvalue weighted by Gasteiger charge is 2.39. The maximum Gasteiger partial charge on any atom is 0.243 e. The topological polar surface area (TPSA) is 78.5 Å². The van der Waals surface area contributed by atoms with Gasteiger partial charge in [-0.15, -0.1) is 12.4 Å². The number of hydrogen-bond donors (Lipinski definition) is 2. The third-order valence-corrected chi connectivity index (χ3v) is 6.21. The summed E-state index contributed by atoms with van der Waals surface area (Å²) in [5.74, 6) is 0.286. The maximum absolute atomic E-state index is 12.7. The Labute approximate surface area is 143 Å². The van der Waals surface area contributed by atoms with E-state index < -0.39 is 16.1 Å². The number of carbonyl (C=O) groups is 1. The molecule has 2 aliphatic rings. The van der Waals surface area contributed by atoms with E-state index in [2.05, 4.69) is 10.6 Å². The van der Waals surface area contributed by atoms with Crippen molar-refractivity contribution in [1.82, 2.24) is 14.9 Å². The van der Waals surface area contributed by atoms with Gasteiger partial charge in [0.2, 0.25) is 15.9 Å². The van der Waals surface area contributed by atoms with Crippen LogP contribution in [0.3, 0.4) is 0 Å². The lowest BCUT2D eigenvalue weighted by molar-refractivity contribution is -0.124. The van der Waals surface area contributed by atoms with E-state index in [1.165, 1.54) is 4.31 Å². The lowest BCUT2D eigenvalue weighted by Crippen LogP contribution is -2.51. The van der Waals surface area contributed by atoms with Gasteiger partial charge in [0.25, 0.3) is 0 Å². The first kappa shape index (κ1) is 18.2. The van der Waals surface area contributed by atoms with Crippen molar-refractivity contribution in [3.05, 3.63) is 30.3 Å². The molecule has 2 saturated heterocycles. The molecule has 0 bridgehead atoms. The minimum absolute atomic E-state index is 0. The van der Waals surface area contributed by atoms with Gasteiger partial charge >= 0.3 is 0 Å². The van der Waals surface area contributed by atoms with Gasteiger partial charge in [0.05, 0.1) is 4.90 Å². The quantitative estimate of drug-likeness (QED) is 0.807. The van der Waals surface area contributed by atoms with Crippen LogP contribution in [0.1, 0.15) is 12.8 Å². The molecule has 0 saturated carbocycles. The molecule has 1 unspecified atom stereocenters. The number of amides is 1. The van der Waals surface area contributed by atoms with Crippen molar-refractivity contribution >= 4 is 28.3 Å². The van der Waals surface area contributed by atoms with E-state index in [1.807, 2.05) is 0 Å². The van der Waals surface area contributed by atoms with Gasteiger partial charge in [0.1, 0.15) is 6.04 Å².